The Morgan fingerprint density at radius 1 is 1.26 bits per heavy atom. The van der Waals surface area contributed by atoms with Crippen LogP contribution in [0.15, 0.2) is 36.5 Å². The molecule has 7 heteroatoms. The zero-order chi connectivity index (χ0) is 19.2. The van der Waals surface area contributed by atoms with Gasteiger partial charge in [-0.3, -0.25) is 5.32 Å². The van der Waals surface area contributed by atoms with E-state index in [1.807, 2.05) is 6.07 Å². The van der Waals surface area contributed by atoms with Crippen molar-refractivity contribution in [2.45, 2.75) is 38.3 Å². The maximum absolute atomic E-state index is 13.4. The topological polar surface area (TPSA) is 53.4 Å². The van der Waals surface area contributed by atoms with Gasteiger partial charge in [-0.1, -0.05) is 25.0 Å². The lowest BCUT2D eigenvalue weighted by molar-refractivity contribution is 0.197. The van der Waals surface area contributed by atoms with Gasteiger partial charge in [-0.15, -0.1) is 0 Å². The molecule has 2 amide bonds. The summed E-state index contributed by atoms with van der Waals surface area (Å²) in [5, 5.41) is 7.13. The molecular weight excluding hydrogens is 345 g/mol. The van der Waals surface area contributed by atoms with Crippen molar-refractivity contribution in [2.75, 3.05) is 32.5 Å². The molecule has 6 nitrogen and oxygen atoms in total. The molecule has 1 aliphatic rings. The lowest BCUT2D eigenvalue weighted by atomic mass is 10.2. The Labute approximate surface area is 160 Å². The Bertz CT molecular complexity index is 756. The average Bonchev–Trinajstić information content (AvgIpc) is 3.32. The number of anilines is 1. The van der Waals surface area contributed by atoms with Gasteiger partial charge in [0.2, 0.25) is 0 Å². The van der Waals surface area contributed by atoms with Crippen molar-refractivity contribution in [1.29, 1.82) is 0 Å². The number of hydrogen-bond acceptors (Lipinski definition) is 3. The van der Waals surface area contributed by atoms with Crippen LogP contribution in [0.25, 0.3) is 0 Å². The van der Waals surface area contributed by atoms with Crippen molar-refractivity contribution in [3.8, 4) is 0 Å². The van der Waals surface area contributed by atoms with Crippen LogP contribution >= 0.6 is 0 Å². The summed E-state index contributed by atoms with van der Waals surface area (Å²) in [6.07, 6.45) is 6.75. The second kappa shape index (κ2) is 8.99. The lowest BCUT2D eigenvalue weighted by Crippen LogP contribution is -2.40. The molecule has 27 heavy (non-hydrogen) atoms. The molecule has 0 saturated heterocycles. The molecular formula is C20H28FN5O. The molecule has 1 aromatic carbocycles. The van der Waals surface area contributed by atoms with Gasteiger partial charge in [0.05, 0.1) is 12.7 Å². The molecule has 146 valence electrons. The minimum absolute atomic E-state index is 0.171. The molecule has 0 aliphatic heterocycles. The van der Waals surface area contributed by atoms with Gasteiger partial charge in [0.25, 0.3) is 0 Å². The SMILES string of the molecule is CN(CCN(C)C1CCCC1)C(=O)Nc1ccnn1Cc1cccc(F)c1. The van der Waals surface area contributed by atoms with Crippen LogP contribution in [-0.2, 0) is 6.54 Å². The Balaban J connectivity index is 1.52. The zero-order valence-electron chi connectivity index (χ0n) is 16.1. The summed E-state index contributed by atoms with van der Waals surface area (Å²) in [6.45, 7) is 1.92. The number of carbonyl (C=O) groups excluding carboxylic acids is 1. The molecule has 3 rings (SSSR count). The van der Waals surface area contributed by atoms with Crippen LogP contribution in [0.5, 0.6) is 0 Å². The summed E-state index contributed by atoms with van der Waals surface area (Å²) < 4.78 is 15.0. The van der Waals surface area contributed by atoms with Gasteiger partial charge >= 0.3 is 6.03 Å². The number of nitrogens with zero attached hydrogens (tertiary/aromatic N) is 4. The number of rotatable bonds is 7. The summed E-state index contributed by atoms with van der Waals surface area (Å²) in [7, 11) is 3.93. The van der Waals surface area contributed by atoms with E-state index in [-0.39, 0.29) is 11.8 Å². The maximum Gasteiger partial charge on any atom is 0.322 e. The Morgan fingerprint density at radius 2 is 2.04 bits per heavy atom. The first-order valence-corrected chi connectivity index (χ1v) is 9.51. The van der Waals surface area contributed by atoms with Crippen molar-refractivity contribution >= 4 is 11.8 Å². The van der Waals surface area contributed by atoms with Gasteiger partial charge in [-0.05, 0) is 37.6 Å². The molecule has 1 fully saturated rings. The first kappa shape index (κ1) is 19.4. The molecule has 0 radical (unpaired) electrons. The third kappa shape index (κ3) is 5.29. The molecule has 0 spiro atoms. The zero-order valence-corrected chi connectivity index (χ0v) is 16.1. The number of carbonyl (C=O) groups is 1. The fourth-order valence-corrected chi connectivity index (χ4v) is 3.51. The molecule has 0 bridgehead atoms. The third-order valence-electron chi connectivity index (χ3n) is 5.26. The molecule has 1 heterocycles. The first-order valence-electron chi connectivity index (χ1n) is 9.51. The summed E-state index contributed by atoms with van der Waals surface area (Å²) in [5.41, 5.74) is 0.792. The van der Waals surface area contributed by atoms with E-state index in [1.165, 1.54) is 37.8 Å². The number of urea groups is 1. The van der Waals surface area contributed by atoms with Crippen LogP contribution in [0, 0.1) is 5.82 Å². The second-order valence-corrected chi connectivity index (χ2v) is 7.27. The fourth-order valence-electron chi connectivity index (χ4n) is 3.51. The van der Waals surface area contributed by atoms with Crippen LogP contribution in [0.3, 0.4) is 0 Å². The van der Waals surface area contributed by atoms with E-state index in [9.17, 15) is 9.18 Å². The number of nitrogens with one attached hydrogen (secondary N) is 1. The molecule has 1 aliphatic carbocycles. The number of benzene rings is 1. The molecule has 0 atom stereocenters. The first-order chi connectivity index (χ1) is 13.0. The number of amides is 2. The summed E-state index contributed by atoms with van der Waals surface area (Å²) in [6, 6.07) is 8.60. The standard InChI is InChI=1S/C20H28FN5O/c1-24(18-8-3-4-9-18)12-13-25(2)20(27)23-19-10-11-22-26(19)15-16-6-5-7-17(21)14-16/h5-7,10-11,14,18H,3-4,8-9,12-13,15H2,1-2H3,(H,23,27). The van der Waals surface area contributed by atoms with Crippen LogP contribution in [0.1, 0.15) is 31.2 Å². The van der Waals surface area contributed by atoms with Gasteiger partial charge in [0.15, 0.2) is 0 Å². The molecule has 1 N–H and O–H groups in total. The highest BCUT2D eigenvalue weighted by molar-refractivity contribution is 5.88. The van der Waals surface area contributed by atoms with Crippen LogP contribution in [0.4, 0.5) is 15.0 Å². The number of hydrogen-bond donors (Lipinski definition) is 1. The quantitative estimate of drug-likeness (QED) is 0.809. The highest BCUT2D eigenvalue weighted by atomic mass is 19.1. The van der Waals surface area contributed by atoms with Gasteiger partial charge < -0.3 is 9.80 Å². The van der Waals surface area contributed by atoms with E-state index in [0.29, 0.717) is 24.9 Å². The fraction of sp³-hybridized carbons (Fsp3) is 0.500. The van der Waals surface area contributed by atoms with Crippen molar-refractivity contribution in [3.05, 3.63) is 47.9 Å². The van der Waals surface area contributed by atoms with E-state index >= 15 is 0 Å². The molecule has 2 aromatic rings. The van der Waals surface area contributed by atoms with Gasteiger partial charge in [0, 0.05) is 32.2 Å². The predicted molar refractivity (Wildman–Crippen MR) is 104 cm³/mol. The van der Waals surface area contributed by atoms with Crippen LogP contribution < -0.4 is 5.32 Å². The second-order valence-electron chi connectivity index (χ2n) is 7.27. The van der Waals surface area contributed by atoms with Crippen molar-refractivity contribution in [3.63, 3.8) is 0 Å². The number of aromatic nitrogens is 2. The molecule has 1 saturated carbocycles. The summed E-state index contributed by atoms with van der Waals surface area (Å²) >= 11 is 0. The smallest absolute Gasteiger partial charge is 0.322 e. The normalized spacial score (nSPS) is 14.7. The Morgan fingerprint density at radius 3 is 2.78 bits per heavy atom. The summed E-state index contributed by atoms with van der Waals surface area (Å²) in [4.78, 5) is 16.5. The lowest BCUT2D eigenvalue weighted by Gasteiger charge is -2.27. The Hall–Kier alpha value is -2.41. The highest BCUT2D eigenvalue weighted by Crippen LogP contribution is 2.22. The van der Waals surface area contributed by atoms with Crippen molar-refractivity contribution < 1.29 is 9.18 Å². The maximum atomic E-state index is 13.4. The number of halogens is 1. The molecule has 1 aromatic heterocycles. The third-order valence-corrected chi connectivity index (χ3v) is 5.26. The monoisotopic (exact) mass is 373 g/mol. The van der Waals surface area contributed by atoms with E-state index in [2.05, 4.69) is 22.4 Å². The minimum Gasteiger partial charge on any atom is -0.326 e. The Kier molecular flexibility index (Phi) is 6.45. The predicted octanol–water partition coefficient (Wildman–Crippen LogP) is 3.41. The van der Waals surface area contributed by atoms with E-state index < -0.39 is 0 Å². The van der Waals surface area contributed by atoms with Gasteiger partial charge in [0.1, 0.15) is 11.6 Å². The van der Waals surface area contributed by atoms with Crippen molar-refractivity contribution in [1.82, 2.24) is 19.6 Å². The van der Waals surface area contributed by atoms with Crippen molar-refractivity contribution in [2.24, 2.45) is 0 Å². The van der Waals surface area contributed by atoms with E-state index in [0.717, 1.165) is 12.1 Å². The highest BCUT2D eigenvalue weighted by Gasteiger charge is 2.20. The van der Waals surface area contributed by atoms with E-state index in [4.69, 9.17) is 0 Å². The molecule has 0 unspecified atom stereocenters. The van der Waals surface area contributed by atoms with Crippen LogP contribution in [0.2, 0.25) is 0 Å². The summed E-state index contributed by atoms with van der Waals surface area (Å²) in [5.74, 6) is 0.316. The van der Waals surface area contributed by atoms with E-state index in [1.54, 1.807) is 35.0 Å². The largest absolute Gasteiger partial charge is 0.326 e. The minimum atomic E-state index is -0.281. The van der Waals surface area contributed by atoms with Crippen LogP contribution in [-0.4, -0.2) is 58.8 Å². The average molecular weight is 373 g/mol. The van der Waals surface area contributed by atoms with Gasteiger partial charge in [-0.25, -0.2) is 13.9 Å². The number of likely N-dealkylation sites (N-methyl/N-ethyl adjacent to an activating group) is 2. The van der Waals surface area contributed by atoms with Gasteiger partial charge in [-0.2, -0.15) is 5.10 Å².